The molecule has 0 aliphatic carbocycles. The summed E-state index contributed by atoms with van der Waals surface area (Å²) < 4.78 is 11.4. The molecule has 0 unspecified atom stereocenters. The third-order valence-corrected chi connectivity index (χ3v) is 4.84. The maximum absolute atomic E-state index is 11.4. The van der Waals surface area contributed by atoms with Crippen LogP contribution in [0.25, 0.3) is 10.9 Å². The molecule has 0 amide bonds. The lowest BCUT2D eigenvalue weighted by molar-refractivity contribution is 0.623. The van der Waals surface area contributed by atoms with Gasteiger partial charge in [0.2, 0.25) is 5.95 Å². The second-order valence-corrected chi connectivity index (χ2v) is 6.52. The maximum atomic E-state index is 11.4. The minimum absolute atomic E-state index is 0.302. The van der Waals surface area contributed by atoms with Gasteiger partial charge in [0.25, 0.3) is 0 Å². The molecule has 2 aromatic rings. The molecule has 0 bridgehead atoms. The zero-order valence-electron chi connectivity index (χ0n) is 11.0. The molecule has 4 N–H and O–H groups in total. The van der Waals surface area contributed by atoms with Crippen LogP contribution in [-0.4, -0.2) is 31.7 Å². The number of hydrazine groups is 1. The summed E-state index contributed by atoms with van der Waals surface area (Å²) in [5.74, 6) is 8.10. The molecule has 1 aromatic carbocycles. The molecular formula is C13H17N5OS. The molecule has 2 heterocycles. The van der Waals surface area contributed by atoms with Gasteiger partial charge in [-0.3, -0.25) is 9.63 Å². The van der Waals surface area contributed by atoms with Gasteiger partial charge in [-0.15, -0.1) is 0 Å². The van der Waals surface area contributed by atoms with E-state index < -0.39 is 10.8 Å². The van der Waals surface area contributed by atoms with Crippen molar-refractivity contribution >= 4 is 33.5 Å². The number of benzene rings is 1. The Morgan fingerprint density at radius 2 is 1.95 bits per heavy atom. The summed E-state index contributed by atoms with van der Waals surface area (Å²) in [5.41, 5.74) is 3.34. The van der Waals surface area contributed by atoms with E-state index in [0.29, 0.717) is 12.0 Å². The number of nitrogens with zero attached hydrogens (tertiary/aromatic N) is 2. The van der Waals surface area contributed by atoms with Crippen molar-refractivity contribution < 1.29 is 4.21 Å². The monoisotopic (exact) mass is 291 g/mol. The molecule has 1 aliphatic rings. The fraction of sp³-hybridized carbons (Fsp3) is 0.385. The SMILES string of the molecule is NNc1nc(NC2CCS(=O)CC2)c2ccccc2n1. The highest BCUT2D eigenvalue weighted by Crippen LogP contribution is 2.24. The van der Waals surface area contributed by atoms with Crippen molar-refractivity contribution in [1.82, 2.24) is 9.97 Å². The van der Waals surface area contributed by atoms with Crippen molar-refractivity contribution in [2.45, 2.75) is 18.9 Å². The van der Waals surface area contributed by atoms with Crippen LogP contribution in [0, 0.1) is 0 Å². The van der Waals surface area contributed by atoms with Gasteiger partial charge in [0, 0.05) is 33.7 Å². The van der Waals surface area contributed by atoms with Crippen LogP contribution in [0.5, 0.6) is 0 Å². The lowest BCUT2D eigenvalue weighted by Crippen LogP contribution is -2.30. The Morgan fingerprint density at radius 3 is 2.70 bits per heavy atom. The summed E-state index contributed by atoms with van der Waals surface area (Å²) in [6.07, 6.45) is 1.80. The first-order valence-electron chi connectivity index (χ1n) is 6.61. The van der Waals surface area contributed by atoms with Gasteiger partial charge in [-0.25, -0.2) is 10.8 Å². The van der Waals surface area contributed by atoms with E-state index >= 15 is 0 Å². The number of aromatic nitrogens is 2. The minimum Gasteiger partial charge on any atom is -0.367 e. The molecule has 0 radical (unpaired) electrons. The number of hydrogen-bond donors (Lipinski definition) is 3. The van der Waals surface area contributed by atoms with Crippen LogP contribution in [0.1, 0.15) is 12.8 Å². The molecule has 0 atom stereocenters. The average Bonchev–Trinajstić information content (AvgIpc) is 2.49. The van der Waals surface area contributed by atoms with Crippen molar-refractivity contribution in [3.63, 3.8) is 0 Å². The summed E-state index contributed by atoms with van der Waals surface area (Å²) in [6, 6.07) is 8.11. The van der Waals surface area contributed by atoms with Crippen molar-refractivity contribution in [2.24, 2.45) is 5.84 Å². The van der Waals surface area contributed by atoms with Gasteiger partial charge in [-0.05, 0) is 25.0 Å². The van der Waals surface area contributed by atoms with E-state index in [1.54, 1.807) is 0 Å². The standard InChI is InChI=1S/C13H17N5OS/c14-18-13-16-11-4-2-1-3-10(11)12(17-13)15-9-5-7-20(19)8-6-9/h1-4,9H,5-8,14H2,(H2,15,16,17,18). The Kier molecular flexibility index (Phi) is 3.79. The van der Waals surface area contributed by atoms with Gasteiger partial charge in [0.05, 0.1) is 5.52 Å². The smallest absolute Gasteiger partial charge is 0.239 e. The van der Waals surface area contributed by atoms with Gasteiger partial charge >= 0.3 is 0 Å². The molecule has 1 fully saturated rings. The minimum atomic E-state index is -0.657. The van der Waals surface area contributed by atoms with E-state index in [9.17, 15) is 4.21 Å². The normalized spacial score (nSPS) is 22.6. The van der Waals surface area contributed by atoms with Gasteiger partial charge in [0.15, 0.2) is 0 Å². The van der Waals surface area contributed by atoms with Crippen molar-refractivity contribution in [3.8, 4) is 0 Å². The Hall–Kier alpha value is -1.73. The first kappa shape index (κ1) is 13.3. The number of anilines is 2. The van der Waals surface area contributed by atoms with Crippen LogP contribution >= 0.6 is 0 Å². The third-order valence-electron chi connectivity index (χ3n) is 3.46. The molecule has 1 aromatic heterocycles. The second-order valence-electron chi connectivity index (χ2n) is 4.82. The highest BCUT2D eigenvalue weighted by atomic mass is 32.2. The predicted molar refractivity (Wildman–Crippen MR) is 81.9 cm³/mol. The van der Waals surface area contributed by atoms with Gasteiger partial charge < -0.3 is 5.32 Å². The van der Waals surface area contributed by atoms with Gasteiger partial charge in [-0.1, -0.05) is 12.1 Å². The van der Waals surface area contributed by atoms with E-state index in [0.717, 1.165) is 41.1 Å². The highest BCUT2D eigenvalue weighted by Gasteiger charge is 2.19. The number of nitrogen functional groups attached to an aromatic ring is 1. The predicted octanol–water partition coefficient (Wildman–Crippen LogP) is 1.24. The lowest BCUT2D eigenvalue weighted by Gasteiger charge is -2.23. The Bertz CT molecular complexity index is 638. The lowest BCUT2D eigenvalue weighted by atomic mass is 10.1. The van der Waals surface area contributed by atoms with Crippen LogP contribution in [0.15, 0.2) is 24.3 Å². The maximum Gasteiger partial charge on any atom is 0.239 e. The summed E-state index contributed by atoms with van der Waals surface area (Å²) >= 11 is 0. The molecule has 20 heavy (non-hydrogen) atoms. The Balaban J connectivity index is 1.91. The Morgan fingerprint density at radius 1 is 1.20 bits per heavy atom. The van der Waals surface area contributed by atoms with Crippen LogP contribution in [0.3, 0.4) is 0 Å². The molecule has 106 valence electrons. The molecule has 1 aliphatic heterocycles. The van der Waals surface area contributed by atoms with Crippen LogP contribution in [0.2, 0.25) is 0 Å². The van der Waals surface area contributed by atoms with Crippen LogP contribution < -0.4 is 16.6 Å². The fourth-order valence-electron chi connectivity index (χ4n) is 2.38. The molecule has 1 saturated heterocycles. The highest BCUT2D eigenvalue weighted by molar-refractivity contribution is 7.85. The summed E-state index contributed by atoms with van der Waals surface area (Å²) in [7, 11) is -0.657. The number of rotatable bonds is 3. The zero-order chi connectivity index (χ0) is 13.9. The number of para-hydroxylation sites is 1. The average molecular weight is 291 g/mol. The summed E-state index contributed by atoms with van der Waals surface area (Å²) in [4.78, 5) is 8.72. The van der Waals surface area contributed by atoms with Crippen LogP contribution in [-0.2, 0) is 10.8 Å². The van der Waals surface area contributed by atoms with Gasteiger partial charge in [-0.2, -0.15) is 4.98 Å². The van der Waals surface area contributed by atoms with E-state index in [4.69, 9.17) is 5.84 Å². The second kappa shape index (κ2) is 5.72. The van der Waals surface area contributed by atoms with E-state index in [-0.39, 0.29) is 0 Å². The third kappa shape index (κ3) is 2.73. The molecule has 7 heteroatoms. The van der Waals surface area contributed by atoms with Gasteiger partial charge in [0.1, 0.15) is 5.82 Å². The number of hydrogen-bond acceptors (Lipinski definition) is 6. The van der Waals surface area contributed by atoms with E-state index in [1.165, 1.54) is 0 Å². The molecule has 6 nitrogen and oxygen atoms in total. The van der Waals surface area contributed by atoms with Crippen LogP contribution in [0.4, 0.5) is 11.8 Å². The Labute approximate surface area is 119 Å². The number of nitrogens with one attached hydrogen (secondary N) is 2. The summed E-state index contributed by atoms with van der Waals surface area (Å²) in [5, 5.41) is 4.41. The number of nitrogens with two attached hydrogens (primary N) is 1. The molecular weight excluding hydrogens is 274 g/mol. The molecule has 0 spiro atoms. The quantitative estimate of drug-likeness (QED) is 0.582. The zero-order valence-corrected chi connectivity index (χ0v) is 11.8. The fourth-order valence-corrected chi connectivity index (χ4v) is 3.68. The number of fused-ring (bicyclic) bond motifs is 1. The topological polar surface area (TPSA) is 92.9 Å². The van der Waals surface area contributed by atoms with E-state index in [1.807, 2.05) is 24.3 Å². The summed E-state index contributed by atoms with van der Waals surface area (Å²) in [6.45, 7) is 0. The first-order valence-corrected chi connectivity index (χ1v) is 8.10. The van der Waals surface area contributed by atoms with Crippen molar-refractivity contribution in [1.29, 1.82) is 0 Å². The molecule has 0 saturated carbocycles. The molecule has 3 rings (SSSR count). The van der Waals surface area contributed by atoms with Crippen molar-refractivity contribution in [3.05, 3.63) is 24.3 Å². The first-order chi connectivity index (χ1) is 9.76. The van der Waals surface area contributed by atoms with E-state index in [2.05, 4.69) is 20.7 Å². The largest absolute Gasteiger partial charge is 0.367 e. The van der Waals surface area contributed by atoms with Crippen molar-refractivity contribution in [2.75, 3.05) is 22.2 Å².